The minimum atomic E-state index is -0.814. The van der Waals surface area contributed by atoms with E-state index in [2.05, 4.69) is 4.74 Å². The molecule has 0 radical (unpaired) electrons. The molecule has 0 aromatic rings. The SMILES string of the molecule is COC(=O)C[C@@H]1CSCC[C@H]1F. The molecule has 12 heavy (non-hydrogen) atoms. The van der Waals surface area contributed by atoms with E-state index >= 15 is 0 Å². The minimum absolute atomic E-state index is 0.129. The van der Waals surface area contributed by atoms with Crippen LogP contribution in [0, 0.1) is 5.92 Å². The summed E-state index contributed by atoms with van der Waals surface area (Å²) >= 11 is 1.71. The van der Waals surface area contributed by atoms with Crippen LogP contribution >= 0.6 is 11.8 Å². The summed E-state index contributed by atoms with van der Waals surface area (Å²) in [4.78, 5) is 10.8. The predicted molar refractivity (Wildman–Crippen MR) is 47.0 cm³/mol. The molecule has 0 aromatic carbocycles. The van der Waals surface area contributed by atoms with Gasteiger partial charge in [-0.2, -0.15) is 11.8 Å². The van der Waals surface area contributed by atoms with E-state index in [-0.39, 0.29) is 18.3 Å². The van der Waals surface area contributed by atoms with Crippen molar-refractivity contribution in [2.75, 3.05) is 18.6 Å². The molecule has 0 N–H and O–H groups in total. The summed E-state index contributed by atoms with van der Waals surface area (Å²) in [7, 11) is 1.34. The Labute approximate surface area is 75.9 Å². The zero-order valence-corrected chi connectivity index (χ0v) is 7.90. The van der Waals surface area contributed by atoms with Crippen LogP contribution in [0.15, 0.2) is 0 Å². The van der Waals surface area contributed by atoms with E-state index in [0.717, 1.165) is 11.5 Å². The number of hydrogen-bond donors (Lipinski definition) is 0. The highest BCUT2D eigenvalue weighted by Gasteiger charge is 2.27. The second kappa shape index (κ2) is 4.70. The van der Waals surface area contributed by atoms with Gasteiger partial charge in [0.25, 0.3) is 0 Å². The van der Waals surface area contributed by atoms with Crippen LogP contribution in [0.25, 0.3) is 0 Å². The molecule has 1 aliphatic rings. The highest BCUT2D eigenvalue weighted by molar-refractivity contribution is 7.99. The molecule has 1 heterocycles. The van der Waals surface area contributed by atoms with Crippen LogP contribution in [0.2, 0.25) is 0 Å². The molecule has 1 rings (SSSR count). The standard InChI is InChI=1S/C8H13FO2S/c1-11-8(10)4-6-5-12-3-2-7(6)9/h6-7H,2-5H2,1H3/t6-,7-/m1/s1. The fourth-order valence-corrected chi connectivity index (χ4v) is 2.44. The zero-order chi connectivity index (χ0) is 8.97. The average molecular weight is 192 g/mol. The van der Waals surface area contributed by atoms with Crippen molar-refractivity contribution in [1.29, 1.82) is 0 Å². The van der Waals surface area contributed by atoms with Crippen molar-refractivity contribution < 1.29 is 13.9 Å². The molecule has 70 valence electrons. The van der Waals surface area contributed by atoms with Gasteiger partial charge in [0.05, 0.1) is 13.5 Å². The highest BCUT2D eigenvalue weighted by atomic mass is 32.2. The molecular weight excluding hydrogens is 179 g/mol. The maximum Gasteiger partial charge on any atom is 0.305 e. The molecule has 0 spiro atoms. The summed E-state index contributed by atoms with van der Waals surface area (Å²) in [6.45, 7) is 0. The Kier molecular flexibility index (Phi) is 3.85. The topological polar surface area (TPSA) is 26.3 Å². The van der Waals surface area contributed by atoms with Crippen LogP contribution < -0.4 is 0 Å². The number of carbonyl (C=O) groups excluding carboxylic acids is 1. The number of thioether (sulfide) groups is 1. The molecular formula is C8H13FO2S. The number of hydrogen-bond acceptors (Lipinski definition) is 3. The molecule has 2 nitrogen and oxygen atoms in total. The van der Waals surface area contributed by atoms with E-state index in [1.54, 1.807) is 11.8 Å². The third kappa shape index (κ3) is 2.66. The van der Waals surface area contributed by atoms with Gasteiger partial charge in [-0.25, -0.2) is 4.39 Å². The molecule has 1 aliphatic heterocycles. The van der Waals surface area contributed by atoms with Gasteiger partial charge in [-0.05, 0) is 17.9 Å². The summed E-state index contributed by atoms with van der Waals surface area (Å²) in [5.41, 5.74) is 0. The van der Waals surface area contributed by atoms with Gasteiger partial charge in [0.1, 0.15) is 6.17 Å². The van der Waals surface area contributed by atoms with Crippen LogP contribution in [0.5, 0.6) is 0 Å². The van der Waals surface area contributed by atoms with Crippen molar-refractivity contribution in [3.63, 3.8) is 0 Å². The average Bonchev–Trinajstić information content (AvgIpc) is 2.09. The Morgan fingerprint density at radius 1 is 1.75 bits per heavy atom. The van der Waals surface area contributed by atoms with E-state index in [0.29, 0.717) is 6.42 Å². The molecule has 0 aliphatic carbocycles. The lowest BCUT2D eigenvalue weighted by molar-refractivity contribution is -0.142. The molecule has 1 saturated heterocycles. The Bertz CT molecular complexity index is 163. The fourth-order valence-electron chi connectivity index (χ4n) is 1.25. The van der Waals surface area contributed by atoms with Crippen molar-refractivity contribution >= 4 is 17.7 Å². The zero-order valence-electron chi connectivity index (χ0n) is 7.09. The molecule has 0 saturated carbocycles. The first-order valence-corrected chi connectivity index (χ1v) is 5.18. The lowest BCUT2D eigenvalue weighted by Gasteiger charge is -2.24. The fraction of sp³-hybridized carbons (Fsp3) is 0.875. The van der Waals surface area contributed by atoms with E-state index in [1.807, 2.05) is 0 Å². The van der Waals surface area contributed by atoms with Crippen LogP contribution in [-0.2, 0) is 9.53 Å². The Balaban J connectivity index is 2.33. The third-order valence-corrected chi connectivity index (χ3v) is 3.23. The largest absolute Gasteiger partial charge is 0.469 e. The number of methoxy groups -OCH3 is 1. The second-order valence-electron chi connectivity index (χ2n) is 2.92. The van der Waals surface area contributed by atoms with Gasteiger partial charge in [0, 0.05) is 5.92 Å². The summed E-state index contributed by atoms with van der Waals surface area (Å²) in [5, 5.41) is 0. The normalized spacial score (nSPS) is 29.8. The van der Waals surface area contributed by atoms with E-state index in [1.165, 1.54) is 7.11 Å². The van der Waals surface area contributed by atoms with Gasteiger partial charge < -0.3 is 4.74 Å². The third-order valence-electron chi connectivity index (χ3n) is 2.04. The van der Waals surface area contributed by atoms with Gasteiger partial charge in [-0.15, -0.1) is 0 Å². The summed E-state index contributed by atoms with van der Waals surface area (Å²) in [5.74, 6) is 1.19. The maximum absolute atomic E-state index is 13.1. The quantitative estimate of drug-likeness (QED) is 0.622. The second-order valence-corrected chi connectivity index (χ2v) is 4.07. The van der Waals surface area contributed by atoms with Crippen molar-refractivity contribution in [2.24, 2.45) is 5.92 Å². The monoisotopic (exact) mass is 192 g/mol. The summed E-state index contributed by atoms with van der Waals surface area (Å²) < 4.78 is 17.6. The van der Waals surface area contributed by atoms with Crippen LogP contribution in [-0.4, -0.2) is 30.8 Å². The predicted octanol–water partition coefficient (Wildman–Crippen LogP) is 1.64. The molecule has 2 atom stereocenters. The lowest BCUT2D eigenvalue weighted by Crippen LogP contribution is -2.26. The number of halogens is 1. The lowest BCUT2D eigenvalue weighted by atomic mass is 10.00. The number of alkyl halides is 1. The van der Waals surface area contributed by atoms with Crippen LogP contribution in [0.3, 0.4) is 0 Å². The van der Waals surface area contributed by atoms with E-state index < -0.39 is 6.17 Å². The highest BCUT2D eigenvalue weighted by Crippen LogP contribution is 2.28. The molecule has 0 bridgehead atoms. The van der Waals surface area contributed by atoms with Crippen LogP contribution in [0.4, 0.5) is 4.39 Å². The molecule has 1 fully saturated rings. The number of rotatable bonds is 2. The Hall–Kier alpha value is -0.250. The van der Waals surface area contributed by atoms with E-state index in [9.17, 15) is 9.18 Å². The maximum atomic E-state index is 13.1. The van der Waals surface area contributed by atoms with Gasteiger partial charge in [-0.1, -0.05) is 0 Å². The molecule has 4 heteroatoms. The van der Waals surface area contributed by atoms with Gasteiger partial charge >= 0.3 is 5.97 Å². The minimum Gasteiger partial charge on any atom is -0.469 e. The van der Waals surface area contributed by atoms with Crippen molar-refractivity contribution in [1.82, 2.24) is 0 Å². The smallest absolute Gasteiger partial charge is 0.305 e. The summed E-state index contributed by atoms with van der Waals surface area (Å²) in [6, 6.07) is 0. The first-order chi connectivity index (χ1) is 5.74. The first-order valence-electron chi connectivity index (χ1n) is 4.02. The first kappa shape index (κ1) is 9.84. The number of carbonyl (C=O) groups is 1. The summed E-state index contributed by atoms with van der Waals surface area (Å²) in [6.07, 6.45) is -0.0119. The Morgan fingerprint density at radius 3 is 3.08 bits per heavy atom. The van der Waals surface area contributed by atoms with Gasteiger partial charge in [-0.3, -0.25) is 4.79 Å². The van der Waals surface area contributed by atoms with Crippen molar-refractivity contribution in [3.8, 4) is 0 Å². The van der Waals surface area contributed by atoms with Crippen molar-refractivity contribution in [3.05, 3.63) is 0 Å². The number of ether oxygens (including phenoxy) is 1. The Morgan fingerprint density at radius 2 is 2.50 bits per heavy atom. The van der Waals surface area contributed by atoms with Gasteiger partial charge in [0.15, 0.2) is 0 Å². The van der Waals surface area contributed by atoms with Gasteiger partial charge in [0.2, 0.25) is 0 Å². The molecule has 0 unspecified atom stereocenters. The van der Waals surface area contributed by atoms with Crippen LogP contribution in [0.1, 0.15) is 12.8 Å². The van der Waals surface area contributed by atoms with Crippen molar-refractivity contribution in [2.45, 2.75) is 19.0 Å². The molecule has 0 aromatic heterocycles. The molecule has 0 amide bonds. The number of esters is 1. The van der Waals surface area contributed by atoms with E-state index in [4.69, 9.17) is 0 Å².